The summed E-state index contributed by atoms with van der Waals surface area (Å²) >= 11 is 6.44. The molecule has 0 radical (unpaired) electrons. The minimum atomic E-state index is -4.05. The number of benzene rings is 3. The lowest BCUT2D eigenvalue weighted by molar-refractivity contribution is -0.132. The number of para-hydroxylation sites is 1. The van der Waals surface area contributed by atoms with Crippen molar-refractivity contribution in [3.63, 3.8) is 0 Å². The number of anilines is 2. The van der Waals surface area contributed by atoms with E-state index in [2.05, 4.69) is 36.9 Å². The minimum absolute atomic E-state index is 0.269. The van der Waals surface area contributed by atoms with Gasteiger partial charge in [0.2, 0.25) is 15.9 Å². The van der Waals surface area contributed by atoms with Gasteiger partial charge >= 0.3 is 6.03 Å². The molecule has 2 aliphatic heterocycles. The van der Waals surface area contributed by atoms with E-state index in [1.165, 1.54) is 16.0 Å². The van der Waals surface area contributed by atoms with Crippen molar-refractivity contribution in [3.8, 4) is 0 Å². The van der Waals surface area contributed by atoms with Crippen LogP contribution in [-0.4, -0.2) is 68.3 Å². The fraction of sp³-hybridized carbons (Fsp3) is 0.310. The van der Waals surface area contributed by atoms with Gasteiger partial charge in [0.15, 0.2) is 0 Å². The summed E-state index contributed by atoms with van der Waals surface area (Å²) in [5.74, 6) is -0.632. The predicted molar refractivity (Wildman–Crippen MR) is 154 cm³/mol. The Morgan fingerprint density at radius 3 is 2.26 bits per heavy atom. The Labute approximate surface area is 234 Å². The molecule has 2 fully saturated rings. The molecular weight excluding hydrogens is 536 g/mol. The summed E-state index contributed by atoms with van der Waals surface area (Å²) in [5, 5.41) is 0.269. The van der Waals surface area contributed by atoms with Gasteiger partial charge in [-0.25, -0.2) is 17.5 Å². The molecule has 204 valence electrons. The Kier molecular flexibility index (Phi) is 7.55. The van der Waals surface area contributed by atoms with Gasteiger partial charge in [-0.1, -0.05) is 66.2 Å². The number of hydrogen-bond donors (Lipinski definition) is 0. The van der Waals surface area contributed by atoms with Crippen molar-refractivity contribution in [3.05, 3.63) is 94.5 Å². The first-order valence-corrected chi connectivity index (χ1v) is 14.9. The Balaban J connectivity index is 1.39. The van der Waals surface area contributed by atoms with E-state index in [-0.39, 0.29) is 23.2 Å². The van der Waals surface area contributed by atoms with Crippen LogP contribution in [0, 0.1) is 13.8 Å². The summed E-state index contributed by atoms with van der Waals surface area (Å²) in [5.41, 5.74) is 4.37. The van der Waals surface area contributed by atoms with Crippen LogP contribution in [0.5, 0.6) is 0 Å². The molecule has 3 aromatic carbocycles. The highest BCUT2D eigenvalue weighted by Crippen LogP contribution is 2.34. The zero-order valence-electron chi connectivity index (χ0n) is 22.0. The number of urea groups is 1. The Bertz CT molecular complexity index is 1490. The van der Waals surface area contributed by atoms with Gasteiger partial charge in [0.1, 0.15) is 6.04 Å². The molecule has 0 saturated carbocycles. The van der Waals surface area contributed by atoms with E-state index in [9.17, 15) is 18.0 Å². The first-order valence-electron chi connectivity index (χ1n) is 12.9. The summed E-state index contributed by atoms with van der Waals surface area (Å²) in [6, 6.07) is 19.9. The van der Waals surface area contributed by atoms with Crippen molar-refractivity contribution in [1.29, 1.82) is 0 Å². The van der Waals surface area contributed by atoms with E-state index >= 15 is 0 Å². The van der Waals surface area contributed by atoms with E-state index < -0.39 is 22.1 Å². The number of nitrogens with zero attached hydrogens (tertiary/aromatic N) is 4. The number of halogens is 1. The molecule has 3 amide bonds. The highest BCUT2D eigenvalue weighted by Gasteiger charge is 2.49. The lowest BCUT2D eigenvalue weighted by Crippen LogP contribution is -2.55. The smallest absolute Gasteiger partial charge is 0.339 e. The number of amides is 3. The monoisotopic (exact) mass is 566 g/mol. The topological polar surface area (TPSA) is 81.2 Å². The molecule has 0 bridgehead atoms. The van der Waals surface area contributed by atoms with Crippen molar-refractivity contribution >= 4 is 44.9 Å². The van der Waals surface area contributed by atoms with Crippen LogP contribution in [0.1, 0.15) is 16.7 Å². The first kappa shape index (κ1) is 27.0. The molecular formula is C29H31ClN4O4S. The maximum atomic E-state index is 13.9. The van der Waals surface area contributed by atoms with Crippen molar-refractivity contribution in [2.24, 2.45) is 0 Å². The molecule has 8 nitrogen and oxygen atoms in total. The molecule has 2 saturated heterocycles. The third-order valence-electron chi connectivity index (χ3n) is 7.29. The lowest BCUT2D eigenvalue weighted by atomic mass is 10.1. The van der Waals surface area contributed by atoms with E-state index in [1.807, 2.05) is 0 Å². The number of rotatable bonds is 6. The maximum absolute atomic E-state index is 13.9. The van der Waals surface area contributed by atoms with Gasteiger partial charge in [-0.3, -0.25) is 9.69 Å². The molecule has 0 unspecified atom stereocenters. The zero-order chi connectivity index (χ0) is 27.7. The van der Waals surface area contributed by atoms with Gasteiger partial charge in [0, 0.05) is 31.9 Å². The fourth-order valence-electron chi connectivity index (χ4n) is 5.21. The van der Waals surface area contributed by atoms with Gasteiger partial charge in [0.05, 0.1) is 23.0 Å². The van der Waals surface area contributed by atoms with Gasteiger partial charge < -0.3 is 9.80 Å². The van der Waals surface area contributed by atoms with Crippen molar-refractivity contribution in [1.82, 2.24) is 9.21 Å². The van der Waals surface area contributed by atoms with Crippen molar-refractivity contribution in [2.75, 3.05) is 42.5 Å². The molecule has 0 aliphatic carbocycles. The van der Waals surface area contributed by atoms with Crippen LogP contribution in [0.4, 0.5) is 16.2 Å². The van der Waals surface area contributed by atoms with E-state index in [0.29, 0.717) is 37.4 Å². The molecule has 5 rings (SSSR count). The van der Waals surface area contributed by atoms with Gasteiger partial charge in [-0.05, 0) is 48.7 Å². The number of hydrogen-bond acceptors (Lipinski definition) is 5. The van der Waals surface area contributed by atoms with Crippen molar-refractivity contribution in [2.45, 2.75) is 25.6 Å². The highest BCUT2D eigenvalue weighted by atomic mass is 35.5. The zero-order valence-corrected chi connectivity index (χ0v) is 23.5. The Morgan fingerprint density at radius 2 is 1.56 bits per heavy atom. The van der Waals surface area contributed by atoms with Gasteiger partial charge in [-0.2, -0.15) is 0 Å². The first-order chi connectivity index (χ1) is 18.7. The molecule has 2 heterocycles. The second-order valence-electron chi connectivity index (χ2n) is 9.99. The number of carbonyl (C=O) groups excluding carboxylic acids is 2. The Hall–Kier alpha value is -3.56. The van der Waals surface area contributed by atoms with Crippen LogP contribution in [0.2, 0.25) is 5.02 Å². The molecule has 0 N–H and O–H groups in total. The largest absolute Gasteiger partial charge is 0.368 e. The quantitative estimate of drug-likeness (QED) is 0.440. The number of piperazine rings is 1. The average Bonchev–Trinajstić information content (AvgIpc) is 3.28. The number of aryl methyl sites for hydroxylation is 2. The molecule has 2 aliphatic rings. The third-order valence-corrected chi connectivity index (χ3v) is 9.29. The summed E-state index contributed by atoms with van der Waals surface area (Å²) in [4.78, 5) is 32.7. The van der Waals surface area contributed by atoms with E-state index in [0.717, 1.165) is 9.99 Å². The normalized spacial score (nSPS) is 18.1. The van der Waals surface area contributed by atoms with Crippen LogP contribution >= 0.6 is 11.6 Å². The average molecular weight is 567 g/mol. The SMILES string of the molecule is Cc1ccc(C)c(N2CCN(C(=O)[C@@H]3CN(S(=O)(=O)Cc4ccccc4)C(=O)N3c3ccccc3Cl)CC2)c1. The van der Waals surface area contributed by atoms with Crippen LogP contribution in [-0.2, 0) is 20.6 Å². The molecule has 0 spiro atoms. The van der Waals surface area contributed by atoms with E-state index in [4.69, 9.17) is 11.6 Å². The fourth-order valence-corrected chi connectivity index (χ4v) is 6.90. The Morgan fingerprint density at radius 1 is 0.897 bits per heavy atom. The second-order valence-corrected chi connectivity index (χ2v) is 12.3. The molecule has 39 heavy (non-hydrogen) atoms. The summed E-state index contributed by atoms with van der Waals surface area (Å²) in [6.45, 7) is 6.06. The standard InChI is InChI=1S/C29H31ClN4O4S/c1-21-12-13-22(2)26(18-21)31-14-16-32(17-15-31)28(35)27-19-33(39(37,38)20-23-8-4-3-5-9-23)29(36)34(27)25-11-7-6-10-24(25)30/h3-13,18,27H,14-17,19-20H2,1-2H3/t27-/m0/s1. The highest BCUT2D eigenvalue weighted by molar-refractivity contribution is 7.88. The van der Waals surface area contributed by atoms with Gasteiger partial charge in [0.25, 0.3) is 0 Å². The summed E-state index contributed by atoms with van der Waals surface area (Å²) < 4.78 is 27.6. The minimum Gasteiger partial charge on any atom is -0.368 e. The van der Waals surface area contributed by atoms with Crippen LogP contribution < -0.4 is 9.80 Å². The van der Waals surface area contributed by atoms with Crippen molar-refractivity contribution < 1.29 is 18.0 Å². The lowest BCUT2D eigenvalue weighted by Gasteiger charge is -2.38. The third kappa shape index (κ3) is 5.46. The van der Waals surface area contributed by atoms with Crippen LogP contribution in [0.3, 0.4) is 0 Å². The maximum Gasteiger partial charge on any atom is 0.339 e. The van der Waals surface area contributed by atoms with Crippen LogP contribution in [0.15, 0.2) is 72.8 Å². The molecule has 1 atom stereocenters. The molecule has 3 aromatic rings. The van der Waals surface area contributed by atoms with Gasteiger partial charge in [-0.15, -0.1) is 0 Å². The molecule has 10 heteroatoms. The second kappa shape index (κ2) is 10.9. The summed E-state index contributed by atoms with van der Waals surface area (Å²) in [6.07, 6.45) is 0. The number of sulfonamides is 1. The number of carbonyl (C=O) groups is 2. The van der Waals surface area contributed by atoms with Crippen LogP contribution in [0.25, 0.3) is 0 Å². The molecule has 0 aromatic heterocycles. The predicted octanol–water partition coefficient (Wildman–Crippen LogP) is 4.45. The summed E-state index contributed by atoms with van der Waals surface area (Å²) in [7, 11) is -4.05. The van der Waals surface area contributed by atoms with E-state index in [1.54, 1.807) is 59.5 Å².